The van der Waals surface area contributed by atoms with Crippen molar-refractivity contribution in [2.75, 3.05) is 13.7 Å². The van der Waals surface area contributed by atoms with Crippen LogP contribution in [0.4, 0.5) is 4.39 Å². The zero-order chi connectivity index (χ0) is 9.68. The molecule has 1 aromatic heterocycles. The van der Waals surface area contributed by atoms with Gasteiger partial charge in [-0.1, -0.05) is 0 Å². The largest absolute Gasteiger partial charge is 0.482 e. The second kappa shape index (κ2) is 4.39. The van der Waals surface area contributed by atoms with Gasteiger partial charge in [0.25, 0.3) is 5.91 Å². The van der Waals surface area contributed by atoms with Crippen LogP contribution >= 0.6 is 0 Å². The minimum absolute atomic E-state index is 0.0934. The quantitative estimate of drug-likeness (QED) is 0.689. The minimum Gasteiger partial charge on any atom is -0.482 e. The smallest absolute Gasteiger partial charge is 0.257 e. The predicted molar refractivity (Wildman–Crippen MR) is 43.8 cm³/mol. The summed E-state index contributed by atoms with van der Waals surface area (Å²) in [6.45, 7) is -0.0934. The Kier molecular flexibility index (Phi) is 3.19. The third kappa shape index (κ3) is 3.06. The highest BCUT2D eigenvalue weighted by molar-refractivity contribution is 5.77. The first-order chi connectivity index (χ1) is 6.22. The summed E-state index contributed by atoms with van der Waals surface area (Å²) < 4.78 is 17.3. The molecule has 13 heavy (non-hydrogen) atoms. The molecule has 0 aliphatic heterocycles. The number of halogens is 1. The van der Waals surface area contributed by atoms with Gasteiger partial charge in [0.1, 0.15) is 5.75 Å². The molecule has 4 nitrogen and oxygen atoms in total. The molecular formula is C8H9FN2O2. The zero-order valence-corrected chi connectivity index (χ0v) is 7.08. The Labute approximate surface area is 74.7 Å². The van der Waals surface area contributed by atoms with Crippen LogP contribution in [0.2, 0.25) is 0 Å². The van der Waals surface area contributed by atoms with E-state index >= 15 is 0 Å². The molecule has 0 radical (unpaired) electrons. The summed E-state index contributed by atoms with van der Waals surface area (Å²) in [6, 6.07) is 2.57. The van der Waals surface area contributed by atoms with Gasteiger partial charge in [-0.15, -0.1) is 0 Å². The highest BCUT2D eigenvalue weighted by Gasteiger charge is 1.99. The van der Waals surface area contributed by atoms with E-state index < -0.39 is 5.95 Å². The van der Waals surface area contributed by atoms with Gasteiger partial charge in [0.05, 0.1) is 6.20 Å². The van der Waals surface area contributed by atoms with Gasteiger partial charge in [-0.05, 0) is 12.1 Å². The molecule has 0 saturated carbocycles. The number of nitrogens with one attached hydrogen (secondary N) is 1. The van der Waals surface area contributed by atoms with E-state index in [-0.39, 0.29) is 12.5 Å². The van der Waals surface area contributed by atoms with Crippen molar-refractivity contribution in [2.24, 2.45) is 0 Å². The van der Waals surface area contributed by atoms with E-state index in [2.05, 4.69) is 10.3 Å². The normalized spacial score (nSPS) is 9.38. The van der Waals surface area contributed by atoms with Crippen molar-refractivity contribution in [3.63, 3.8) is 0 Å². The summed E-state index contributed by atoms with van der Waals surface area (Å²) in [5.41, 5.74) is 0. The summed E-state index contributed by atoms with van der Waals surface area (Å²) in [5.74, 6) is -0.457. The molecule has 0 aliphatic carbocycles. The molecule has 70 valence electrons. The predicted octanol–water partition coefficient (Wildman–Crippen LogP) is 0.345. The molecular weight excluding hydrogens is 175 g/mol. The first-order valence-corrected chi connectivity index (χ1v) is 3.67. The number of hydrogen-bond acceptors (Lipinski definition) is 3. The number of nitrogens with zero attached hydrogens (tertiary/aromatic N) is 1. The first kappa shape index (κ1) is 9.44. The van der Waals surface area contributed by atoms with Crippen molar-refractivity contribution in [3.05, 3.63) is 24.3 Å². The molecule has 5 heteroatoms. The molecule has 0 aliphatic rings. The second-order valence-electron chi connectivity index (χ2n) is 2.28. The Balaban J connectivity index is 2.46. The number of rotatable bonds is 3. The topological polar surface area (TPSA) is 51.2 Å². The number of aromatic nitrogens is 1. The van der Waals surface area contributed by atoms with Crippen LogP contribution in [0, 0.1) is 5.95 Å². The van der Waals surface area contributed by atoms with Gasteiger partial charge in [-0.25, -0.2) is 4.98 Å². The van der Waals surface area contributed by atoms with E-state index in [4.69, 9.17) is 4.74 Å². The number of likely N-dealkylation sites (N-methyl/N-ethyl adjacent to an activating group) is 1. The fourth-order valence-electron chi connectivity index (χ4n) is 0.669. The first-order valence-electron chi connectivity index (χ1n) is 3.67. The lowest BCUT2D eigenvalue weighted by Gasteiger charge is -2.03. The number of carbonyl (C=O) groups excluding carboxylic acids is 1. The summed E-state index contributed by atoms with van der Waals surface area (Å²) >= 11 is 0. The zero-order valence-electron chi connectivity index (χ0n) is 7.08. The molecule has 0 unspecified atom stereocenters. The molecule has 0 spiro atoms. The summed E-state index contributed by atoms with van der Waals surface area (Å²) in [6.07, 6.45) is 1.22. The van der Waals surface area contributed by atoms with Gasteiger partial charge in [0.2, 0.25) is 5.95 Å². The van der Waals surface area contributed by atoms with Gasteiger partial charge < -0.3 is 10.1 Å². The van der Waals surface area contributed by atoms with Gasteiger partial charge in [0, 0.05) is 7.05 Å². The van der Waals surface area contributed by atoms with Crippen molar-refractivity contribution in [1.82, 2.24) is 10.3 Å². The highest BCUT2D eigenvalue weighted by Crippen LogP contribution is 2.07. The number of carbonyl (C=O) groups is 1. The molecule has 1 rings (SSSR count). The number of pyridine rings is 1. The molecule has 0 atom stereocenters. The monoisotopic (exact) mass is 184 g/mol. The van der Waals surface area contributed by atoms with Gasteiger partial charge in [-0.2, -0.15) is 4.39 Å². The molecule has 0 fully saturated rings. The molecule has 1 amide bonds. The molecule has 1 N–H and O–H groups in total. The fourth-order valence-corrected chi connectivity index (χ4v) is 0.669. The lowest BCUT2D eigenvalue weighted by atomic mass is 10.4. The molecule has 0 bridgehead atoms. The third-order valence-electron chi connectivity index (χ3n) is 1.35. The minimum atomic E-state index is -0.577. The van der Waals surface area contributed by atoms with Crippen LogP contribution in [-0.4, -0.2) is 24.5 Å². The van der Waals surface area contributed by atoms with Crippen molar-refractivity contribution in [3.8, 4) is 5.75 Å². The molecule has 0 saturated heterocycles. The van der Waals surface area contributed by atoms with E-state index in [1.165, 1.54) is 25.4 Å². The Morgan fingerprint density at radius 2 is 2.46 bits per heavy atom. The van der Waals surface area contributed by atoms with E-state index in [0.29, 0.717) is 5.75 Å². The van der Waals surface area contributed by atoms with Crippen LogP contribution < -0.4 is 10.1 Å². The van der Waals surface area contributed by atoms with E-state index in [1.807, 2.05) is 0 Å². The van der Waals surface area contributed by atoms with Crippen LogP contribution in [0.1, 0.15) is 0 Å². The molecule has 1 aromatic rings. The maximum absolute atomic E-state index is 12.3. The van der Waals surface area contributed by atoms with Crippen molar-refractivity contribution < 1.29 is 13.9 Å². The Bertz CT molecular complexity index is 287. The number of amides is 1. The van der Waals surface area contributed by atoms with Crippen molar-refractivity contribution in [1.29, 1.82) is 0 Å². The van der Waals surface area contributed by atoms with E-state index in [1.54, 1.807) is 0 Å². The summed E-state index contributed by atoms with van der Waals surface area (Å²) in [7, 11) is 1.51. The maximum atomic E-state index is 12.3. The van der Waals surface area contributed by atoms with Crippen molar-refractivity contribution >= 4 is 5.91 Å². The van der Waals surface area contributed by atoms with Crippen LogP contribution in [0.15, 0.2) is 18.3 Å². The van der Waals surface area contributed by atoms with Gasteiger partial charge in [0.15, 0.2) is 6.61 Å². The standard InChI is InChI=1S/C8H9FN2O2/c1-10-8(12)5-13-6-2-3-7(9)11-4-6/h2-4H,5H2,1H3,(H,10,12). The number of hydrogen-bond donors (Lipinski definition) is 1. The Hall–Kier alpha value is -1.65. The highest BCUT2D eigenvalue weighted by atomic mass is 19.1. The number of ether oxygens (including phenoxy) is 1. The lowest BCUT2D eigenvalue weighted by molar-refractivity contribution is -0.122. The van der Waals surface area contributed by atoms with Crippen LogP contribution in [0.3, 0.4) is 0 Å². The van der Waals surface area contributed by atoms with Crippen molar-refractivity contribution in [2.45, 2.75) is 0 Å². The molecule has 1 heterocycles. The summed E-state index contributed by atoms with van der Waals surface area (Å²) in [4.78, 5) is 14.1. The Morgan fingerprint density at radius 1 is 1.69 bits per heavy atom. The average Bonchev–Trinajstić information content (AvgIpc) is 2.16. The summed E-state index contributed by atoms with van der Waals surface area (Å²) in [5, 5.41) is 2.39. The maximum Gasteiger partial charge on any atom is 0.257 e. The van der Waals surface area contributed by atoms with Crippen LogP contribution in [-0.2, 0) is 4.79 Å². The molecule has 0 aromatic carbocycles. The fraction of sp³-hybridized carbons (Fsp3) is 0.250. The Morgan fingerprint density at radius 3 is 3.00 bits per heavy atom. The van der Waals surface area contributed by atoms with E-state index in [9.17, 15) is 9.18 Å². The van der Waals surface area contributed by atoms with Crippen LogP contribution in [0.5, 0.6) is 5.75 Å². The SMILES string of the molecule is CNC(=O)COc1ccc(F)nc1. The second-order valence-corrected chi connectivity index (χ2v) is 2.28. The average molecular weight is 184 g/mol. The lowest BCUT2D eigenvalue weighted by Crippen LogP contribution is -2.24. The third-order valence-corrected chi connectivity index (χ3v) is 1.35. The van der Waals surface area contributed by atoms with E-state index in [0.717, 1.165) is 0 Å². The van der Waals surface area contributed by atoms with Crippen LogP contribution in [0.25, 0.3) is 0 Å². The van der Waals surface area contributed by atoms with Gasteiger partial charge >= 0.3 is 0 Å². The van der Waals surface area contributed by atoms with Gasteiger partial charge in [-0.3, -0.25) is 4.79 Å².